The molecular weight excluding hydrogens is 678 g/mol. The van der Waals surface area contributed by atoms with E-state index in [4.69, 9.17) is 18.9 Å². The lowest BCUT2D eigenvalue weighted by Crippen LogP contribution is -2.64. The van der Waals surface area contributed by atoms with Gasteiger partial charge in [-0.3, -0.25) is 4.79 Å². The Labute approximate surface area is 310 Å². The highest BCUT2D eigenvalue weighted by molar-refractivity contribution is 5.85. The lowest BCUT2D eigenvalue weighted by molar-refractivity contribution is -0.949. The molecule has 2 N–H and O–H groups in total. The van der Waals surface area contributed by atoms with Gasteiger partial charge in [0.25, 0.3) is 0 Å². The molecule has 4 heterocycles. The van der Waals surface area contributed by atoms with Crippen LogP contribution in [-0.4, -0.2) is 108 Å². The number of fused-ring (bicyclic) bond motifs is 10. The van der Waals surface area contributed by atoms with Crippen molar-refractivity contribution < 1.29 is 52.8 Å². The Kier molecular flexibility index (Phi) is 8.53. The minimum atomic E-state index is -0.895. The number of aliphatic hydroxyl groups excluding tert-OH is 1. The summed E-state index contributed by atoms with van der Waals surface area (Å²) in [7, 11) is 2.10. The van der Waals surface area contributed by atoms with Gasteiger partial charge in [-0.2, -0.15) is 0 Å². The first-order valence-corrected chi connectivity index (χ1v) is 20.1. The summed E-state index contributed by atoms with van der Waals surface area (Å²) in [5, 5.41) is 22.5. The van der Waals surface area contributed by atoms with Crippen LogP contribution in [-0.2, 0) is 38.1 Å². The number of carbonyl (C=O) groups excluding carboxylic acids is 4. The van der Waals surface area contributed by atoms with Crippen LogP contribution in [0.25, 0.3) is 0 Å². The van der Waals surface area contributed by atoms with E-state index >= 15 is 0 Å². The van der Waals surface area contributed by atoms with Gasteiger partial charge in [-0.1, -0.05) is 37.3 Å². The topological polar surface area (TPSA) is 149 Å². The van der Waals surface area contributed by atoms with Gasteiger partial charge in [-0.15, -0.1) is 0 Å². The molecule has 0 amide bonds. The molecule has 0 spiro atoms. The number of carbonyl (C=O) groups is 4. The molecule has 7 fully saturated rings. The zero-order valence-corrected chi connectivity index (χ0v) is 30.9. The number of aldehydes is 1. The first-order valence-electron chi connectivity index (χ1n) is 20.1. The van der Waals surface area contributed by atoms with Crippen LogP contribution in [0.2, 0.25) is 0 Å². The zero-order valence-electron chi connectivity index (χ0n) is 30.9. The van der Waals surface area contributed by atoms with Crippen LogP contribution in [0.5, 0.6) is 0 Å². The number of nitrogens with zero attached hydrogens (tertiary/aromatic N) is 1. The van der Waals surface area contributed by atoms with E-state index in [0.29, 0.717) is 49.6 Å². The first-order chi connectivity index (χ1) is 25.4. The molecule has 3 saturated heterocycles. The highest BCUT2D eigenvalue weighted by atomic mass is 16.6. The number of quaternary nitrogens is 1. The number of cyclic esters (lactones) is 1. The average molecular weight is 733 g/mol. The van der Waals surface area contributed by atoms with Crippen molar-refractivity contribution in [3.63, 3.8) is 0 Å². The maximum Gasteiger partial charge on any atom is 0.362 e. The van der Waals surface area contributed by atoms with Gasteiger partial charge in [0.1, 0.15) is 55.3 Å². The number of piperidine rings is 1. The SMILES string of the molecule is C[C@]12CC[C@H]3[C@@H](CC[C@@H]4C[C@@H](OC(=O)C[N+]5(C)[C@H]6CC(OC(=O)[C@H](CO)c7ccccc7)C[C@H]5[C@H]5O[C@H]56)CC[C@@]43C=O)[C@@]1(O)CC[C@@H]2C1=CC(=O)OC1. The monoisotopic (exact) mass is 732 g/mol. The molecular formula is C42H54NO10+. The second kappa shape index (κ2) is 12.7. The van der Waals surface area contributed by atoms with Crippen LogP contribution in [0.1, 0.15) is 89.0 Å². The molecule has 9 rings (SSSR count). The Bertz CT molecular complexity index is 1680. The van der Waals surface area contributed by atoms with Gasteiger partial charge in [-0.05, 0) is 92.6 Å². The molecule has 1 aromatic carbocycles. The second-order valence-electron chi connectivity index (χ2n) is 18.3. The Morgan fingerprint density at radius 2 is 1.72 bits per heavy atom. The Hall–Kier alpha value is -3.12. The Balaban J connectivity index is 0.830. The molecule has 1 aromatic rings. The average Bonchev–Trinajstić information content (AvgIpc) is 3.69. The van der Waals surface area contributed by atoms with E-state index in [1.54, 1.807) is 6.08 Å². The molecule has 2 unspecified atom stereocenters. The van der Waals surface area contributed by atoms with Crippen LogP contribution in [0.15, 0.2) is 42.0 Å². The van der Waals surface area contributed by atoms with E-state index in [9.17, 15) is 29.4 Å². The summed E-state index contributed by atoms with van der Waals surface area (Å²) in [5.41, 5.74) is -0.0540. The van der Waals surface area contributed by atoms with Gasteiger partial charge >= 0.3 is 17.9 Å². The third-order valence-corrected chi connectivity index (χ3v) is 16.3. The van der Waals surface area contributed by atoms with Crippen molar-refractivity contribution >= 4 is 24.2 Å². The number of benzene rings is 1. The summed E-state index contributed by atoms with van der Waals surface area (Å²) in [4.78, 5) is 52.0. The quantitative estimate of drug-likeness (QED) is 0.126. The lowest BCUT2D eigenvalue weighted by atomic mass is 9.43. The van der Waals surface area contributed by atoms with Gasteiger partial charge in [0.2, 0.25) is 0 Å². The van der Waals surface area contributed by atoms with Gasteiger partial charge in [0.15, 0.2) is 6.54 Å². The number of esters is 3. The fraction of sp³-hybridized carbons (Fsp3) is 0.714. The minimum Gasteiger partial charge on any atom is -0.461 e. The van der Waals surface area contributed by atoms with E-state index in [-0.39, 0.29) is 90.7 Å². The van der Waals surface area contributed by atoms with Gasteiger partial charge in [0, 0.05) is 29.7 Å². The number of likely N-dealkylation sites (N-methyl/N-ethyl adjacent to an activating group) is 1. The summed E-state index contributed by atoms with van der Waals surface area (Å²) < 4.78 is 24.1. The third kappa shape index (κ3) is 5.34. The van der Waals surface area contributed by atoms with Crippen LogP contribution >= 0.6 is 0 Å². The van der Waals surface area contributed by atoms with Crippen LogP contribution in [0, 0.1) is 34.5 Å². The number of aliphatic hydroxyl groups is 2. The molecule has 8 aliphatic rings. The van der Waals surface area contributed by atoms with Crippen molar-refractivity contribution in [2.75, 3.05) is 26.8 Å². The molecule has 4 aliphatic carbocycles. The minimum absolute atomic E-state index is 0.00805. The Morgan fingerprint density at radius 1 is 0.962 bits per heavy atom. The number of hydrogen-bond donors (Lipinski definition) is 2. The molecule has 11 nitrogen and oxygen atoms in total. The smallest absolute Gasteiger partial charge is 0.362 e. The Morgan fingerprint density at radius 3 is 2.40 bits per heavy atom. The molecule has 0 radical (unpaired) electrons. The van der Waals surface area contributed by atoms with E-state index in [1.165, 1.54) is 6.29 Å². The summed E-state index contributed by atoms with van der Waals surface area (Å²) >= 11 is 0. The predicted molar refractivity (Wildman–Crippen MR) is 189 cm³/mol. The van der Waals surface area contributed by atoms with Gasteiger partial charge in [0.05, 0.1) is 19.3 Å². The number of epoxide rings is 1. The van der Waals surface area contributed by atoms with E-state index < -0.39 is 22.9 Å². The number of hydrogen-bond acceptors (Lipinski definition) is 10. The molecule has 4 saturated carbocycles. The van der Waals surface area contributed by atoms with Crippen LogP contribution in [0.3, 0.4) is 0 Å². The largest absolute Gasteiger partial charge is 0.461 e. The number of morpholine rings is 1. The standard InChI is InChI=1S/C42H54NO10/c1-40-13-11-31-32(42(40,49)15-12-30(40)25-16-35(46)50-22-25)9-8-26-17-27(10-14-41(26,31)23-45)51-36(47)20-43(2)33-18-28(19-34(43)38-37(33)53-38)52-39(48)29(21-44)24-6-4-3-5-7-24/h3-7,16,23,26-34,37-38,44,49H,8-15,17-22H2,1-2H3/q+1/t26-,27+,28?,29-,30-,31+,32-,33+,34+,37-,38+,40-,41-,42+,43?/m1/s1. The molecule has 286 valence electrons. The normalized spacial score (nSPS) is 46.8. The fourth-order valence-corrected chi connectivity index (χ4v) is 13.5. The van der Waals surface area contributed by atoms with E-state index in [2.05, 4.69) is 14.0 Å². The third-order valence-electron chi connectivity index (χ3n) is 16.3. The maximum atomic E-state index is 13.7. The van der Waals surface area contributed by atoms with Crippen molar-refractivity contribution in [3.05, 3.63) is 47.5 Å². The summed E-state index contributed by atoms with van der Waals surface area (Å²) in [6.07, 6.45) is 10.3. The van der Waals surface area contributed by atoms with Crippen molar-refractivity contribution in [2.24, 2.45) is 34.5 Å². The van der Waals surface area contributed by atoms with Crippen molar-refractivity contribution in [1.29, 1.82) is 0 Å². The second-order valence-corrected chi connectivity index (χ2v) is 18.3. The molecule has 2 bridgehead atoms. The summed E-state index contributed by atoms with van der Waals surface area (Å²) in [6.45, 7) is 2.41. The molecule has 0 aromatic heterocycles. The molecule has 4 aliphatic heterocycles. The molecule has 53 heavy (non-hydrogen) atoms. The predicted octanol–water partition coefficient (Wildman–Crippen LogP) is 3.78. The lowest BCUT2D eigenvalue weighted by Gasteiger charge is -2.63. The van der Waals surface area contributed by atoms with Gasteiger partial charge in [-0.25, -0.2) is 9.59 Å². The van der Waals surface area contributed by atoms with E-state index in [0.717, 1.165) is 43.2 Å². The molecule has 11 heteroatoms. The summed E-state index contributed by atoms with van der Waals surface area (Å²) in [6, 6.07) is 9.21. The van der Waals surface area contributed by atoms with E-state index in [1.807, 2.05) is 30.3 Å². The van der Waals surface area contributed by atoms with Crippen molar-refractivity contribution in [1.82, 2.24) is 0 Å². The number of ether oxygens (including phenoxy) is 4. The highest BCUT2D eigenvalue weighted by Gasteiger charge is 2.73. The fourth-order valence-electron chi connectivity index (χ4n) is 13.5. The number of rotatable bonds is 9. The van der Waals surface area contributed by atoms with Crippen LogP contribution < -0.4 is 0 Å². The van der Waals surface area contributed by atoms with Crippen molar-refractivity contribution in [3.8, 4) is 0 Å². The molecule has 15 atom stereocenters. The first kappa shape index (κ1) is 35.6. The van der Waals surface area contributed by atoms with Gasteiger partial charge < -0.3 is 38.4 Å². The zero-order chi connectivity index (χ0) is 36.9. The highest BCUT2D eigenvalue weighted by Crippen LogP contribution is 2.69. The summed E-state index contributed by atoms with van der Waals surface area (Å²) in [5.74, 6) is -1.36. The maximum absolute atomic E-state index is 13.7. The van der Waals surface area contributed by atoms with Crippen molar-refractivity contribution in [2.45, 2.75) is 126 Å². The van der Waals surface area contributed by atoms with Crippen LogP contribution in [0.4, 0.5) is 0 Å².